The summed E-state index contributed by atoms with van der Waals surface area (Å²) in [5.41, 5.74) is 7.75. The predicted molar refractivity (Wildman–Crippen MR) is 86.8 cm³/mol. The summed E-state index contributed by atoms with van der Waals surface area (Å²) in [6, 6.07) is 9.73. The van der Waals surface area contributed by atoms with Gasteiger partial charge in [0.15, 0.2) is 0 Å². The minimum atomic E-state index is 0.316. The van der Waals surface area contributed by atoms with E-state index in [1.54, 1.807) is 0 Å². The topological polar surface area (TPSA) is 38.5 Å². The lowest BCUT2D eigenvalue weighted by Crippen LogP contribution is -2.49. The first-order chi connectivity index (χ1) is 10.3. The third-order valence-electron chi connectivity index (χ3n) is 5.01. The molecule has 2 fully saturated rings. The van der Waals surface area contributed by atoms with E-state index < -0.39 is 0 Å². The van der Waals surface area contributed by atoms with E-state index in [0.29, 0.717) is 12.0 Å². The number of rotatable bonds is 4. The van der Waals surface area contributed by atoms with Crippen LogP contribution in [0.25, 0.3) is 0 Å². The second-order valence-corrected chi connectivity index (χ2v) is 6.59. The van der Waals surface area contributed by atoms with E-state index in [0.717, 1.165) is 31.4 Å². The third kappa shape index (κ3) is 3.58. The monoisotopic (exact) mass is 288 g/mol. The molecule has 2 aliphatic rings. The van der Waals surface area contributed by atoms with Crippen molar-refractivity contribution < 1.29 is 4.74 Å². The highest BCUT2D eigenvalue weighted by molar-refractivity contribution is 5.30. The molecule has 2 N–H and O–H groups in total. The van der Waals surface area contributed by atoms with Crippen molar-refractivity contribution in [2.75, 3.05) is 19.7 Å². The zero-order valence-electron chi connectivity index (χ0n) is 13.1. The molecule has 0 spiro atoms. The fraction of sp³-hybridized carbons (Fsp3) is 0.667. The summed E-state index contributed by atoms with van der Waals surface area (Å²) in [7, 11) is 0. The Morgan fingerprint density at radius 3 is 2.52 bits per heavy atom. The summed E-state index contributed by atoms with van der Waals surface area (Å²) in [5.74, 6) is 1.54. The predicted octanol–water partition coefficient (Wildman–Crippen LogP) is 3.14. The molecule has 3 heteroatoms. The molecule has 1 heterocycles. The maximum absolute atomic E-state index is 6.33. The van der Waals surface area contributed by atoms with Crippen LogP contribution in [-0.2, 0) is 0 Å². The van der Waals surface area contributed by atoms with E-state index in [-0.39, 0.29) is 0 Å². The average Bonchev–Trinajstić information content (AvgIpc) is 3.02. The van der Waals surface area contributed by atoms with Crippen molar-refractivity contribution in [3.8, 4) is 5.75 Å². The molecule has 1 saturated heterocycles. The van der Waals surface area contributed by atoms with Gasteiger partial charge in [-0.25, -0.2) is 0 Å². The second-order valence-electron chi connectivity index (χ2n) is 6.59. The van der Waals surface area contributed by atoms with Crippen molar-refractivity contribution in [2.45, 2.75) is 57.0 Å². The van der Waals surface area contributed by atoms with Crippen LogP contribution in [0.5, 0.6) is 5.75 Å². The lowest BCUT2D eigenvalue weighted by Gasteiger charge is -2.40. The van der Waals surface area contributed by atoms with Crippen LogP contribution in [-0.4, -0.2) is 36.7 Å². The van der Waals surface area contributed by atoms with Crippen LogP contribution in [0.15, 0.2) is 24.3 Å². The van der Waals surface area contributed by atoms with E-state index in [1.165, 1.54) is 37.8 Å². The molecule has 0 amide bonds. The molecule has 1 aliphatic heterocycles. The van der Waals surface area contributed by atoms with Gasteiger partial charge in [0.05, 0.1) is 6.61 Å². The first-order valence-electron chi connectivity index (χ1n) is 8.48. The van der Waals surface area contributed by atoms with Crippen LogP contribution in [0.4, 0.5) is 0 Å². The average molecular weight is 288 g/mol. The molecule has 0 bridgehead atoms. The molecule has 0 aromatic heterocycles. The summed E-state index contributed by atoms with van der Waals surface area (Å²) in [6.07, 6.45) is 6.62. The second kappa shape index (κ2) is 6.80. The standard InChI is InChI=1S/C18H28N2O/c1-2-21-18-9-7-14(8-10-18)15-11-16(19)13-20(12-15)17-5-3-4-6-17/h7-10,15-17H,2-6,11-13,19H2,1H3. The van der Waals surface area contributed by atoms with Gasteiger partial charge in [0.2, 0.25) is 0 Å². The van der Waals surface area contributed by atoms with Crippen LogP contribution in [0.2, 0.25) is 0 Å². The summed E-state index contributed by atoms with van der Waals surface area (Å²) in [5, 5.41) is 0. The van der Waals surface area contributed by atoms with Crippen LogP contribution in [0.1, 0.15) is 50.5 Å². The Morgan fingerprint density at radius 1 is 1.14 bits per heavy atom. The fourth-order valence-corrected chi connectivity index (χ4v) is 3.99. The molecule has 2 unspecified atom stereocenters. The highest BCUT2D eigenvalue weighted by Crippen LogP contribution is 2.32. The van der Waals surface area contributed by atoms with Gasteiger partial charge in [-0.15, -0.1) is 0 Å². The maximum atomic E-state index is 6.33. The quantitative estimate of drug-likeness (QED) is 0.925. The van der Waals surface area contributed by atoms with Gasteiger partial charge in [-0.2, -0.15) is 0 Å². The highest BCUT2D eigenvalue weighted by atomic mass is 16.5. The normalized spacial score (nSPS) is 27.9. The van der Waals surface area contributed by atoms with Gasteiger partial charge in [-0.3, -0.25) is 4.90 Å². The van der Waals surface area contributed by atoms with E-state index in [1.807, 2.05) is 6.92 Å². The zero-order valence-corrected chi connectivity index (χ0v) is 13.1. The van der Waals surface area contributed by atoms with E-state index in [4.69, 9.17) is 10.5 Å². The highest BCUT2D eigenvalue weighted by Gasteiger charge is 2.31. The van der Waals surface area contributed by atoms with E-state index >= 15 is 0 Å². The molecule has 1 aromatic rings. The largest absolute Gasteiger partial charge is 0.494 e. The Kier molecular flexibility index (Phi) is 4.81. The molecular weight excluding hydrogens is 260 g/mol. The SMILES string of the molecule is CCOc1ccc(C2CC(N)CN(C3CCCC3)C2)cc1. The number of benzene rings is 1. The fourth-order valence-electron chi connectivity index (χ4n) is 3.99. The molecule has 1 aliphatic carbocycles. The van der Waals surface area contributed by atoms with Gasteiger partial charge in [0.1, 0.15) is 5.75 Å². The van der Waals surface area contributed by atoms with E-state index in [2.05, 4.69) is 29.2 Å². The Balaban J connectivity index is 1.68. The van der Waals surface area contributed by atoms with Crippen LogP contribution >= 0.6 is 0 Å². The summed E-state index contributed by atoms with van der Waals surface area (Å²) in [6.45, 7) is 5.00. The molecule has 3 nitrogen and oxygen atoms in total. The van der Waals surface area contributed by atoms with Gasteiger partial charge in [-0.1, -0.05) is 25.0 Å². The number of nitrogens with two attached hydrogens (primary N) is 1. The lowest BCUT2D eigenvalue weighted by atomic mass is 9.87. The van der Waals surface area contributed by atoms with Crippen molar-refractivity contribution in [3.63, 3.8) is 0 Å². The van der Waals surface area contributed by atoms with Crippen LogP contribution in [0.3, 0.4) is 0 Å². The molecule has 1 saturated carbocycles. The number of hydrogen-bond donors (Lipinski definition) is 1. The van der Waals surface area contributed by atoms with E-state index in [9.17, 15) is 0 Å². The molecule has 3 rings (SSSR count). The maximum Gasteiger partial charge on any atom is 0.119 e. The van der Waals surface area contributed by atoms with Crippen molar-refractivity contribution in [1.29, 1.82) is 0 Å². The molecule has 116 valence electrons. The van der Waals surface area contributed by atoms with Crippen molar-refractivity contribution in [1.82, 2.24) is 4.90 Å². The number of piperidine rings is 1. The minimum absolute atomic E-state index is 0.316. The summed E-state index contributed by atoms with van der Waals surface area (Å²) in [4.78, 5) is 2.66. The third-order valence-corrected chi connectivity index (χ3v) is 5.01. The lowest BCUT2D eigenvalue weighted by molar-refractivity contribution is 0.136. The van der Waals surface area contributed by atoms with Gasteiger partial charge in [0.25, 0.3) is 0 Å². The number of hydrogen-bond acceptors (Lipinski definition) is 3. The Hall–Kier alpha value is -1.06. The zero-order chi connectivity index (χ0) is 14.7. The summed E-state index contributed by atoms with van der Waals surface area (Å²) < 4.78 is 5.54. The molecular formula is C18H28N2O. The van der Waals surface area contributed by atoms with Gasteiger partial charge in [0, 0.05) is 25.2 Å². The molecule has 21 heavy (non-hydrogen) atoms. The number of nitrogens with zero attached hydrogens (tertiary/aromatic N) is 1. The van der Waals surface area contributed by atoms with Crippen molar-refractivity contribution in [2.24, 2.45) is 5.73 Å². The smallest absolute Gasteiger partial charge is 0.119 e. The van der Waals surface area contributed by atoms with Crippen molar-refractivity contribution in [3.05, 3.63) is 29.8 Å². The Morgan fingerprint density at radius 2 is 1.86 bits per heavy atom. The first-order valence-corrected chi connectivity index (χ1v) is 8.48. The summed E-state index contributed by atoms with van der Waals surface area (Å²) >= 11 is 0. The number of ether oxygens (including phenoxy) is 1. The van der Waals surface area contributed by atoms with Crippen LogP contribution in [0, 0.1) is 0 Å². The molecule has 2 atom stereocenters. The van der Waals surface area contributed by atoms with Gasteiger partial charge >= 0.3 is 0 Å². The van der Waals surface area contributed by atoms with Gasteiger partial charge < -0.3 is 10.5 Å². The first kappa shape index (κ1) is 14.9. The minimum Gasteiger partial charge on any atom is -0.494 e. The van der Waals surface area contributed by atoms with Gasteiger partial charge in [-0.05, 0) is 49.8 Å². The van der Waals surface area contributed by atoms with Crippen LogP contribution < -0.4 is 10.5 Å². The molecule has 1 aromatic carbocycles. The Bertz CT molecular complexity index is 439. The molecule has 0 radical (unpaired) electrons. The Labute approximate surface area is 128 Å². The number of likely N-dealkylation sites (tertiary alicyclic amines) is 1. The van der Waals surface area contributed by atoms with Crippen molar-refractivity contribution >= 4 is 0 Å².